The zero-order valence-corrected chi connectivity index (χ0v) is 26.4. The van der Waals surface area contributed by atoms with Gasteiger partial charge < -0.3 is 14.6 Å². The molecule has 1 N–H and O–H groups in total. The Kier molecular flexibility index (Phi) is 7.56. The number of carboxylic acid groups (broad SMARTS) is 1. The van der Waals surface area contributed by atoms with Crippen molar-refractivity contribution < 1.29 is 19.4 Å². The Labute approximate surface area is 261 Å². The summed E-state index contributed by atoms with van der Waals surface area (Å²) in [4.78, 5) is 38.9. The van der Waals surface area contributed by atoms with Crippen molar-refractivity contribution in [2.45, 2.75) is 84.5 Å². The number of carboxylic acids is 1. The van der Waals surface area contributed by atoms with Gasteiger partial charge in [0.15, 0.2) is 0 Å². The maximum Gasteiger partial charge on any atom is 0.315 e. The van der Waals surface area contributed by atoms with Gasteiger partial charge in [-0.3, -0.25) is 19.7 Å². The third kappa shape index (κ3) is 4.14. The topological polar surface area (TPSA) is 92.6 Å². The van der Waals surface area contributed by atoms with Crippen molar-refractivity contribution in [1.82, 2.24) is 14.9 Å². The smallest absolute Gasteiger partial charge is 0.315 e. The fourth-order valence-corrected chi connectivity index (χ4v) is 11.1. The molecule has 0 amide bonds. The largest absolute Gasteiger partial charge is 0.481 e. The molecule has 234 valence electrons. The molecule has 4 aliphatic carbocycles. The average Bonchev–Trinajstić information content (AvgIpc) is 3.76. The van der Waals surface area contributed by atoms with Crippen LogP contribution in [0, 0.1) is 45.8 Å². The van der Waals surface area contributed by atoms with E-state index in [0.29, 0.717) is 18.3 Å². The molecule has 4 bridgehead atoms. The van der Waals surface area contributed by atoms with Crippen LogP contribution in [0.2, 0.25) is 0 Å². The number of hydrogen-bond acceptors (Lipinski definition) is 6. The molecule has 2 aromatic heterocycles. The molecule has 3 heterocycles. The number of rotatable bonds is 11. The molecule has 7 heteroatoms. The molecule has 6 unspecified atom stereocenters. The second-order valence-corrected chi connectivity index (χ2v) is 14.8. The van der Waals surface area contributed by atoms with E-state index in [9.17, 15) is 14.7 Å². The van der Waals surface area contributed by atoms with E-state index in [1.165, 1.54) is 0 Å². The van der Waals surface area contributed by atoms with Crippen LogP contribution >= 0.6 is 0 Å². The van der Waals surface area contributed by atoms with E-state index in [4.69, 9.17) is 4.74 Å². The Morgan fingerprint density at radius 3 is 2.48 bits per heavy atom. The Balaban J connectivity index is 1.19. The van der Waals surface area contributed by atoms with Crippen molar-refractivity contribution in [3.63, 3.8) is 0 Å². The van der Waals surface area contributed by atoms with Crippen molar-refractivity contribution in [2.75, 3.05) is 13.1 Å². The van der Waals surface area contributed by atoms with Gasteiger partial charge in [0, 0.05) is 49.6 Å². The number of carbonyl (C=O) groups is 2. The quantitative estimate of drug-likeness (QED) is 0.251. The fraction of sp³-hybridized carbons (Fsp3) is 0.622. The first kappa shape index (κ1) is 29.8. The highest BCUT2D eigenvalue weighted by molar-refractivity contribution is 5.90. The molecule has 1 saturated heterocycles. The molecule has 3 saturated carbocycles. The zero-order valence-electron chi connectivity index (χ0n) is 26.4. The molecule has 5 aliphatic rings. The summed E-state index contributed by atoms with van der Waals surface area (Å²) >= 11 is 0. The monoisotopic (exact) mass is 597 g/mol. The Hall–Kier alpha value is -2.90. The fourth-order valence-electron chi connectivity index (χ4n) is 11.1. The molecular weight excluding hydrogens is 550 g/mol. The SMILES string of the molecule is CC(C)C1=CC2CC3(C=O)[C@@H]4CC[C@@H](C)[C@H]4CC2(C2CCC(CN(CCc4ccccn4)Cc4ccccn4)O2)C13C(=O)O. The minimum Gasteiger partial charge on any atom is -0.481 e. The van der Waals surface area contributed by atoms with Gasteiger partial charge in [0.1, 0.15) is 11.7 Å². The van der Waals surface area contributed by atoms with Crippen molar-refractivity contribution in [2.24, 2.45) is 45.8 Å². The summed E-state index contributed by atoms with van der Waals surface area (Å²) in [6.45, 7) is 8.86. The van der Waals surface area contributed by atoms with Gasteiger partial charge in [0.05, 0.1) is 23.3 Å². The van der Waals surface area contributed by atoms with Crippen LogP contribution in [0.3, 0.4) is 0 Å². The van der Waals surface area contributed by atoms with E-state index >= 15 is 0 Å². The van der Waals surface area contributed by atoms with Crippen LogP contribution < -0.4 is 0 Å². The number of fused-ring (bicyclic) bond motifs is 2. The van der Waals surface area contributed by atoms with Gasteiger partial charge in [-0.1, -0.05) is 51.0 Å². The molecular formula is C37H47N3O4. The van der Waals surface area contributed by atoms with Gasteiger partial charge in [-0.25, -0.2) is 0 Å². The van der Waals surface area contributed by atoms with Crippen LogP contribution in [-0.2, 0) is 27.3 Å². The van der Waals surface area contributed by atoms with Crippen LogP contribution in [0.25, 0.3) is 0 Å². The summed E-state index contributed by atoms with van der Waals surface area (Å²) in [5.41, 5.74) is 0.473. The van der Waals surface area contributed by atoms with Gasteiger partial charge in [-0.15, -0.1) is 0 Å². The van der Waals surface area contributed by atoms with E-state index < -0.39 is 22.2 Å². The third-order valence-electron chi connectivity index (χ3n) is 12.7. The van der Waals surface area contributed by atoms with Crippen LogP contribution in [-0.4, -0.2) is 57.5 Å². The highest BCUT2D eigenvalue weighted by atomic mass is 16.5. The number of aldehydes is 1. The Morgan fingerprint density at radius 2 is 1.82 bits per heavy atom. The van der Waals surface area contributed by atoms with Gasteiger partial charge in [0.25, 0.3) is 0 Å². The molecule has 1 aliphatic heterocycles. The lowest BCUT2D eigenvalue weighted by Crippen LogP contribution is -2.65. The van der Waals surface area contributed by atoms with E-state index in [1.54, 1.807) is 0 Å². The van der Waals surface area contributed by atoms with Crippen LogP contribution in [0.1, 0.15) is 70.7 Å². The van der Waals surface area contributed by atoms with Crippen molar-refractivity contribution in [3.05, 3.63) is 71.8 Å². The molecule has 7 rings (SSSR count). The maximum absolute atomic E-state index is 13.9. The zero-order chi connectivity index (χ0) is 30.7. The average molecular weight is 598 g/mol. The molecule has 9 atom stereocenters. The van der Waals surface area contributed by atoms with Crippen molar-refractivity contribution in [3.8, 4) is 0 Å². The number of pyridine rings is 2. The standard InChI is InChI=1S/C37H47N3O4/c1-24(2)32-18-26-19-35(23-41)31-12-10-25(3)30(31)20-36(26,37(32,35)34(42)43)33-13-11-29(44-33)22-40(21-28-9-5-7-16-39-28)17-14-27-8-4-6-15-38-27/h4-9,15-16,18,23-26,29-31,33H,10-14,17,19-22H2,1-3H3,(H,42,43)/t25-,26?,29?,30-,31-,33?,35?,36?,37?/m1/s1. The van der Waals surface area contributed by atoms with Crippen molar-refractivity contribution in [1.29, 1.82) is 0 Å². The molecule has 0 spiro atoms. The number of aliphatic carboxylic acids is 1. The first-order chi connectivity index (χ1) is 21.3. The molecule has 0 aromatic carbocycles. The summed E-state index contributed by atoms with van der Waals surface area (Å²) in [6.07, 6.45) is 13.0. The predicted molar refractivity (Wildman–Crippen MR) is 167 cm³/mol. The summed E-state index contributed by atoms with van der Waals surface area (Å²) in [6, 6.07) is 12.1. The minimum atomic E-state index is -1.18. The van der Waals surface area contributed by atoms with E-state index in [0.717, 1.165) is 81.4 Å². The molecule has 2 aromatic rings. The maximum atomic E-state index is 13.9. The van der Waals surface area contributed by atoms with Crippen LogP contribution in [0.15, 0.2) is 60.4 Å². The summed E-state index contributed by atoms with van der Waals surface area (Å²) in [7, 11) is 0. The van der Waals surface area contributed by atoms with E-state index in [1.807, 2.05) is 36.7 Å². The lowest BCUT2D eigenvalue weighted by atomic mass is 9.41. The Morgan fingerprint density at radius 1 is 1.07 bits per heavy atom. The second-order valence-electron chi connectivity index (χ2n) is 14.8. The highest BCUT2D eigenvalue weighted by Gasteiger charge is 2.86. The van der Waals surface area contributed by atoms with E-state index in [2.05, 4.69) is 53.8 Å². The van der Waals surface area contributed by atoms with Crippen molar-refractivity contribution >= 4 is 12.3 Å². The summed E-state index contributed by atoms with van der Waals surface area (Å²) in [5, 5.41) is 11.4. The molecule has 4 fully saturated rings. The molecule has 0 radical (unpaired) electrons. The minimum absolute atomic E-state index is 0.000444. The van der Waals surface area contributed by atoms with Crippen LogP contribution in [0.4, 0.5) is 0 Å². The van der Waals surface area contributed by atoms with Gasteiger partial charge in [-0.05, 0) is 86.0 Å². The van der Waals surface area contributed by atoms with Gasteiger partial charge >= 0.3 is 5.97 Å². The predicted octanol–water partition coefficient (Wildman–Crippen LogP) is 5.99. The number of ether oxygens (including phenoxy) is 1. The molecule has 7 nitrogen and oxygen atoms in total. The van der Waals surface area contributed by atoms with E-state index in [-0.39, 0.29) is 30.0 Å². The number of allylic oxidation sites excluding steroid dienone is 1. The lowest BCUT2D eigenvalue weighted by molar-refractivity contribution is -0.197. The lowest BCUT2D eigenvalue weighted by Gasteiger charge is -2.60. The number of hydrogen-bond donors (Lipinski definition) is 1. The number of aromatic nitrogens is 2. The third-order valence-corrected chi connectivity index (χ3v) is 12.7. The second kappa shape index (κ2) is 11.2. The first-order valence-corrected chi connectivity index (χ1v) is 16.9. The summed E-state index contributed by atoms with van der Waals surface area (Å²) < 4.78 is 7.11. The number of nitrogens with zero attached hydrogens (tertiary/aromatic N) is 3. The van der Waals surface area contributed by atoms with Gasteiger partial charge in [-0.2, -0.15) is 0 Å². The Bertz CT molecular complexity index is 1410. The number of carbonyl (C=O) groups excluding carboxylic acids is 1. The van der Waals surface area contributed by atoms with Crippen LogP contribution in [0.5, 0.6) is 0 Å². The molecule has 44 heavy (non-hydrogen) atoms. The van der Waals surface area contributed by atoms with Gasteiger partial charge in [0.2, 0.25) is 0 Å². The normalized spacial score (nSPS) is 38.7. The summed E-state index contributed by atoms with van der Waals surface area (Å²) in [5.74, 6) is 0.368. The first-order valence-electron chi connectivity index (χ1n) is 16.9. The highest BCUT2D eigenvalue weighted by Crippen LogP contribution is 2.84.